The fourth-order valence-corrected chi connectivity index (χ4v) is 0. The standard InChI is InChI=1S/2C4H11NO/c1-4(6)5(2)3;1-4(2,5)3-6/h4,6H,1-3H3;6H,3,5H2,1-2H3. The molecule has 0 rings (SSSR count). The highest BCUT2D eigenvalue weighted by Gasteiger charge is 2.05. The van der Waals surface area contributed by atoms with Crippen LogP contribution >= 0.6 is 0 Å². The molecule has 1 unspecified atom stereocenters. The van der Waals surface area contributed by atoms with Crippen molar-refractivity contribution in [1.82, 2.24) is 4.90 Å². The smallest absolute Gasteiger partial charge is 0.104 e. The summed E-state index contributed by atoms with van der Waals surface area (Å²) in [5.41, 5.74) is 4.88. The Morgan fingerprint density at radius 1 is 1.42 bits per heavy atom. The van der Waals surface area contributed by atoms with Crippen molar-refractivity contribution in [2.24, 2.45) is 5.73 Å². The van der Waals surface area contributed by atoms with Gasteiger partial charge in [0.15, 0.2) is 0 Å². The normalized spacial score (nSPS) is 13.8. The second kappa shape index (κ2) is 6.37. The molecule has 0 aliphatic heterocycles. The van der Waals surface area contributed by atoms with Gasteiger partial charge >= 0.3 is 0 Å². The van der Waals surface area contributed by atoms with Gasteiger partial charge in [-0.1, -0.05) is 0 Å². The van der Waals surface area contributed by atoms with Crippen LogP contribution in [0.3, 0.4) is 0 Å². The van der Waals surface area contributed by atoms with E-state index >= 15 is 0 Å². The Morgan fingerprint density at radius 3 is 1.58 bits per heavy atom. The average Bonchev–Trinajstić information content (AvgIpc) is 1.87. The zero-order valence-electron chi connectivity index (χ0n) is 8.70. The van der Waals surface area contributed by atoms with Gasteiger partial charge in [0.25, 0.3) is 0 Å². The van der Waals surface area contributed by atoms with E-state index in [1.807, 2.05) is 14.1 Å². The second-order valence-corrected chi connectivity index (χ2v) is 3.74. The third-order valence-corrected chi connectivity index (χ3v) is 1.15. The predicted molar refractivity (Wildman–Crippen MR) is 50.7 cm³/mol. The van der Waals surface area contributed by atoms with E-state index in [1.54, 1.807) is 25.7 Å². The maximum atomic E-state index is 8.56. The molecule has 4 N–H and O–H groups in total. The molecule has 0 saturated carbocycles. The minimum Gasteiger partial charge on any atom is -0.394 e. The predicted octanol–water partition coefficient (Wildman–Crippen LogP) is -0.398. The summed E-state index contributed by atoms with van der Waals surface area (Å²) in [5.74, 6) is 0. The second-order valence-electron chi connectivity index (χ2n) is 3.74. The lowest BCUT2D eigenvalue weighted by atomic mass is 10.1. The SMILES string of the molecule is CC(C)(N)CO.CC(O)N(C)C. The van der Waals surface area contributed by atoms with E-state index in [2.05, 4.69) is 0 Å². The Bertz CT molecular complexity index is 91.7. The molecule has 0 bridgehead atoms. The highest BCUT2D eigenvalue weighted by atomic mass is 16.3. The molecule has 0 spiro atoms. The molecule has 0 amide bonds. The molecule has 0 saturated heterocycles. The lowest BCUT2D eigenvalue weighted by molar-refractivity contribution is 0.0578. The topological polar surface area (TPSA) is 69.7 Å². The monoisotopic (exact) mass is 178 g/mol. The van der Waals surface area contributed by atoms with E-state index in [-0.39, 0.29) is 12.8 Å². The molecule has 4 heteroatoms. The minimum absolute atomic E-state index is 0.0486. The van der Waals surface area contributed by atoms with E-state index in [9.17, 15) is 0 Å². The lowest BCUT2D eigenvalue weighted by Crippen LogP contribution is -2.35. The van der Waals surface area contributed by atoms with Crippen LogP contribution < -0.4 is 5.73 Å². The molecule has 0 aromatic heterocycles. The van der Waals surface area contributed by atoms with Crippen LogP contribution in [0.2, 0.25) is 0 Å². The highest BCUT2D eigenvalue weighted by molar-refractivity contribution is 4.67. The van der Waals surface area contributed by atoms with Crippen LogP contribution in [0, 0.1) is 0 Å². The van der Waals surface area contributed by atoms with Crippen molar-refractivity contribution in [3.05, 3.63) is 0 Å². The first-order valence-corrected chi connectivity index (χ1v) is 3.95. The van der Waals surface area contributed by atoms with Gasteiger partial charge in [0, 0.05) is 5.54 Å². The Kier molecular flexibility index (Phi) is 7.62. The zero-order chi connectivity index (χ0) is 10.4. The molecular weight excluding hydrogens is 156 g/mol. The minimum atomic E-state index is -0.403. The van der Waals surface area contributed by atoms with Gasteiger partial charge in [-0.2, -0.15) is 0 Å². The first kappa shape index (κ1) is 14.4. The third-order valence-electron chi connectivity index (χ3n) is 1.15. The van der Waals surface area contributed by atoms with E-state index in [0.717, 1.165) is 0 Å². The van der Waals surface area contributed by atoms with Crippen molar-refractivity contribution in [1.29, 1.82) is 0 Å². The maximum Gasteiger partial charge on any atom is 0.104 e. The quantitative estimate of drug-likeness (QED) is 0.503. The third kappa shape index (κ3) is 16.4. The highest BCUT2D eigenvalue weighted by Crippen LogP contribution is 1.90. The summed E-state index contributed by atoms with van der Waals surface area (Å²) in [5, 5.41) is 16.8. The van der Waals surface area contributed by atoms with Crippen molar-refractivity contribution >= 4 is 0 Å². The Balaban J connectivity index is 0. The molecule has 4 nitrogen and oxygen atoms in total. The van der Waals surface area contributed by atoms with Gasteiger partial charge in [-0.15, -0.1) is 0 Å². The fourth-order valence-electron chi connectivity index (χ4n) is 0. The summed E-state index contributed by atoms with van der Waals surface area (Å²) in [6.07, 6.45) is -0.315. The number of nitrogens with two attached hydrogens (primary N) is 1. The molecule has 0 heterocycles. The summed E-state index contributed by atoms with van der Waals surface area (Å²) >= 11 is 0. The van der Waals surface area contributed by atoms with Crippen molar-refractivity contribution in [2.75, 3.05) is 20.7 Å². The summed E-state index contributed by atoms with van der Waals surface area (Å²) < 4.78 is 0. The van der Waals surface area contributed by atoms with Gasteiger partial charge < -0.3 is 15.9 Å². The molecule has 12 heavy (non-hydrogen) atoms. The molecule has 1 atom stereocenters. The van der Waals surface area contributed by atoms with Gasteiger partial charge in [0.1, 0.15) is 6.23 Å². The van der Waals surface area contributed by atoms with Crippen molar-refractivity contribution in [2.45, 2.75) is 32.5 Å². The van der Waals surface area contributed by atoms with E-state index in [4.69, 9.17) is 15.9 Å². The number of rotatable bonds is 2. The van der Waals surface area contributed by atoms with E-state index < -0.39 is 5.54 Å². The first-order chi connectivity index (χ1) is 5.20. The van der Waals surface area contributed by atoms with Crippen LogP contribution in [0.4, 0.5) is 0 Å². The van der Waals surface area contributed by atoms with Crippen molar-refractivity contribution in [3.63, 3.8) is 0 Å². The number of aliphatic hydroxyl groups is 2. The summed E-state index contributed by atoms with van der Waals surface area (Å²) in [6.45, 7) is 5.31. The molecule has 0 radical (unpaired) electrons. The van der Waals surface area contributed by atoms with Crippen LogP contribution in [-0.4, -0.2) is 47.6 Å². The van der Waals surface area contributed by atoms with Gasteiger partial charge in [0.05, 0.1) is 6.61 Å². The fraction of sp³-hybridized carbons (Fsp3) is 1.00. The zero-order valence-corrected chi connectivity index (χ0v) is 8.70. The summed E-state index contributed by atoms with van der Waals surface area (Å²) in [4.78, 5) is 1.72. The molecule has 0 aliphatic rings. The summed E-state index contributed by atoms with van der Waals surface area (Å²) in [7, 11) is 3.65. The largest absolute Gasteiger partial charge is 0.394 e. The number of nitrogens with zero attached hydrogens (tertiary/aromatic N) is 1. The van der Waals surface area contributed by atoms with Gasteiger partial charge in [-0.05, 0) is 34.9 Å². The molecule has 0 aliphatic carbocycles. The van der Waals surface area contributed by atoms with Gasteiger partial charge in [-0.25, -0.2) is 0 Å². The van der Waals surface area contributed by atoms with Gasteiger partial charge in [0.2, 0.25) is 0 Å². The number of hydrogen-bond acceptors (Lipinski definition) is 4. The van der Waals surface area contributed by atoms with E-state index in [1.165, 1.54) is 0 Å². The molecular formula is C8H22N2O2. The van der Waals surface area contributed by atoms with Crippen LogP contribution in [0.1, 0.15) is 20.8 Å². The molecule has 76 valence electrons. The Morgan fingerprint density at radius 2 is 1.58 bits per heavy atom. The summed E-state index contributed by atoms with van der Waals surface area (Å²) in [6, 6.07) is 0. The van der Waals surface area contributed by atoms with Crippen LogP contribution in [0.5, 0.6) is 0 Å². The van der Waals surface area contributed by atoms with Crippen LogP contribution in [0.25, 0.3) is 0 Å². The van der Waals surface area contributed by atoms with Crippen LogP contribution in [-0.2, 0) is 0 Å². The number of aliphatic hydroxyl groups excluding tert-OH is 2. The Labute approximate surface area is 75.0 Å². The first-order valence-electron chi connectivity index (χ1n) is 3.95. The van der Waals surface area contributed by atoms with Crippen LogP contribution in [0.15, 0.2) is 0 Å². The van der Waals surface area contributed by atoms with E-state index in [0.29, 0.717) is 0 Å². The van der Waals surface area contributed by atoms with Gasteiger partial charge in [-0.3, -0.25) is 4.90 Å². The molecule has 0 aromatic rings. The Hall–Kier alpha value is -0.160. The van der Waals surface area contributed by atoms with Crippen molar-refractivity contribution < 1.29 is 10.2 Å². The maximum absolute atomic E-state index is 8.56. The molecule has 0 fully saturated rings. The lowest BCUT2D eigenvalue weighted by Gasteiger charge is -2.12. The average molecular weight is 178 g/mol. The molecule has 0 aromatic carbocycles. The number of hydrogen-bond donors (Lipinski definition) is 3. The van der Waals surface area contributed by atoms with Crippen molar-refractivity contribution in [3.8, 4) is 0 Å².